The number of aliphatic hydroxyl groups excluding tert-OH is 1. The molecule has 2 heterocycles. The molecule has 0 spiro atoms. The van der Waals surface area contributed by atoms with Crippen molar-refractivity contribution >= 4 is 39.1 Å². The van der Waals surface area contributed by atoms with Gasteiger partial charge >= 0.3 is 0 Å². The molecule has 8 nitrogen and oxygen atoms in total. The number of halogens is 2. The molecule has 2 saturated heterocycles. The maximum Gasteiger partial charge on any atom is 0.229 e. The molecular weight excluding hydrogens is 621 g/mol. The van der Waals surface area contributed by atoms with Gasteiger partial charge < -0.3 is 14.7 Å². The van der Waals surface area contributed by atoms with E-state index in [4.69, 9.17) is 27.9 Å². The molecule has 11 heteroatoms. The molecule has 0 bridgehead atoms. The van der Waals surface area contributed by atoms with Crippen LogP contribution in [0.5, 0.6) is 0 Å². The minimum absolute atomic E-state index is 0.0115. The number of sulfonamides is 1. The topological polar surface area (TPSA) is 99.2 Å². The number of amides is 1. The van der Waals surface area contributed by atoms with Crippen LogP contribution in [0.4, 0.5) is 0 Å². The van der Waals surface area contributed by atoms with Crippen molar-refractivity contribution in [1.82, 2.24) is 14.5 Å². The number of nitrogens with zero attached hydrogens (tertiary/aromatic N) is 2. The quantitative estimate of drug-likeness (QED) is 0.298. The standard InChI is InChI=1S/C33H45Cl2N3O5S/c1-3-28(22-33(11-12-33)44(41,42)36-2)38-30(24-7-9-26(34)10-8-24)29(25-5-4-6-27(35)21-25)23-32(14-18-39,31(38)40)13-15-37-16-19-43-20-17-37/h4-10,21,28-30,36,39H,3,11-20,22-23H2,1-2H3/t28-,29+,30+,32-/m0/s1. The molecule has 3 aliphatic rings. The highest BCUT2D eigenvalue weighted by molar-refractivity contribution is 7.91. The predicted octanol–water partition coefficient (Wildman–Crippen LogP) is 5.39. The van der Waals surface area contributed by atoms with Crippen LogP contribution in [0.1, 0.15) is 75.0 Å². The number of ether oxygens (including phenoxy) is 1. The summed E-state index contributed by atoms with van der Waals surface area (Å²) < 4.78 is 33.7. The number of benzene rings is 2. The van der Waals surface area contributed by atoms with E-state index in [1.807, 2.05) is 54.3 Å². The highest BCUT2D eigenvalue weighted by atomic mass is 35.5. The first-order valence-corrected chi connectivity index (χ1v) is 18.0. The number of nitrogens with one attached hydrogen (secondary N) is 1. The number of hydrogen-bond donors (Lipinski definition) is 2. The van der Waals surface area contributed by atoms with Gasteiger partial charge in [0.2, 0.25) is 15.9 Å². The van der Waals surface area contributed by atoms with Crippen molar-refractivity contribution < 1.29 is 23.1 Å². The zero-order valence-electron chi connectivity index (χ0n) is 25.7. The monoisotopic (exact) mass is 665 g/mol. The van der Waals surface area contributed by atoms with Crippen LogP contribution in [0.3, 0.4) is 0 Å². The Bertz CT molecular complexity index is 1400. The zero-order chi connectivity index (χ0) is 31.5. The molecule has 0 unspecified atom stereocenters. The van der Waals surface area contributed by atoms with Crippen LogP contribution in [0.15, 0.2) is 48.5 Å². The van der Waals surface area contributed by atoms with E-state index in [0.717, 1.165) is 24.2 Å². The van der Waals surface area contributed by atoms with Crippen molar-refractivity contribution in [3.63, 3.8) is 0 Å². The second kappa shape index (κ2) is 14.0. The third kappa shape index (κ3) is 6.85. The molecule has 0 radical (unpaired) electrons. The number of piperidine rings is 1. The summed E-state index contributed by atoms with van der Waals surface area (Å²) in [6.45, 7) is 5.56. The summed E-state index contributed by atoms with van der Waals surface area (Å²) in [7, 11) is -2.09. The van der Waals surface area contributed by atoms with Gasteiger partial charge in [-0.2, -0.15) is 0 Å². The second-order valence-corrected chi connectivity index (χ2v) is 15.8. The number of hydrogen-bond acceptors (Lipinski definition) is 6. The highest BCUT2D eigenvalue weighted by Crippen LogP contribution is 2.56. The minimum atomic E-state index is -3.55. The fourth-order valence-corrected chi connectivity index (χ4v) is 9.27. The Morgan fingerprint density at radius 2 is 1.75 bits per heavy atom. The van der Waals surface area contributed by atoms with Crippen LogP contribution in [0.25, 0.3) is 0 Å². The van der Waals surface area contributed by atoms with Crippen molar-refractivity contribution in [2.24, 2.45) is 5.41 Å². The second-order valence-electron chi connectivity index (χ2n) is 12.7. The molecule has 5 rings (SSSR count). The Kier molecular flexibility index (Phi) is 10.7. The Balaban J connectivity index is 1.64. The molecule has 1 aliphatic carbocycles. The van der Waals surface area contributed by atoms with Gasteiger partial charge in [-0.15, -0.1) is 0 Å². The van der Waals surface area contributed by atoms with Crippen LogP contribution in [0, 0.1) is 5.41 Å². The van der Waals surface area contributed by atoms with Crippen molar-refractivity contribution in [1.29, 1.82) is 0 Å². The average molecular weight is 667 g/mol. The van der Waals surface area contributed by atoms with Gasteiger partial charge in [-0.1, -0.05) is 54.4 Å². The first kappa shape index (κ1) is 33.6. The molecule has 4 atom stereocenters. The summed E-state index contributed by atoms with van der Waals surface area (Å²) >= 11 is 12.9. The third-order valence-corrected chi connectivity index (χ3v) is 12.9. The van der Waals surface area contributed by atoms with Gasteiger partial charge in [0.05, 0.1) is 29.4 Å². The molecule has 1 amide bonds. The molecule has 242 valence electrons. The molecule has 3 fully saturated rings. The van der Waals surface area contributed by atoms with Gasteiger partial charge in [0.25, 0.3) is 0 Å². The maximum absolute atomic E-state index is 15.2. The van der Waals surface area contributed by atoms with Crippen LogP contribution in [0.2, 0.25) is 10.0 Å². The Hall–Kier alpha value is -1.72. The van der Waals surface area contributed by atoms with Gasteiger partial charge in [-0.25, -0.2) is 13.1 Å². The number of likely N-dealkylation sites (tertiary alicyclic amines) is 1. The number of carbonyl (C=O) groups excluding carboxylic acids is 1. The lowest BCUT2D eigenvalue weighted by Crippen LogP contribution is -2.58. The summed E-state index contributed by atoms with van der Waals surface area (Å²) in [5.74, 6) is -0.156. The van der Waals surface area contributed by atoms with Gasteiger partial charge in [0.1, 0.15) is 0 Å². The molecule has 2 aromatic carbocycles. The van der Waals surface area contributed by atoms with E-state index in [0.29, 0.717) is 74.7 Å². The van der Waals surface area contributed by atoms with Crippen LogP contribution in [-0.4, -0.2) is 86.5 Å². The summed E-state index contributed by atoms with van der Waals surface area (Å²) in [5, 5.41) is 11.7. The molecule has 44 heavy (non-hydrogen) atoms. The first-order chi connectivity index (χ1) is 21.1. The fourth-order valence-electron chi connectivity index (χ4n) is 7.46. The summed E-state index contributed by atoms with van der Waals surface area (Å²) in [6, 6.07) is 14.8. The SMILES string of the molecule is CC[C@@H](CC1(S(=O)(=O)NC)CC1)N1C(=O)[C@](CCO)(CCN2CCOCC2)C[C@H](c2cccc(Cl)c2)[C@H]1c1ccc(Cl)cc1. The van der Waals surface area contributed by atoms with Crippen molar-refractivity contribution in [2.75, 3.05) is 46.5 Å². The summed E-state index contributed by atoms with van der Waals surface area (Å²) in [6.07, 6.45) is 3.53. The Morgan fingerprint density at radius 3 is 2.34 bits per heavy atom. The van der Waals surface area contributed by atoms with Gasteiger partial charge in [-0.3, -0.25) is 9.69 Å². The smallest absolute Gasteiger partial charge is 0.229 e. The van der Waals surface area contributed by atoms with Crippen molar-refractivity contribution in [3.8, 4) is 0 Å². The van der Waals surface area contributed by atoms with Gasteiger partial charge in [-0.05, 0) is 93.9 Å². The maximum atomic E-state index is 15.2. The summed E-state index contributed by atoms with van der Waals surface area (Å²) in [5.41, 5.74) is 1.12. The lowest BCUT2D eigenvalue weighted by molar-refractivity contribution is -0.159. The van der Waals surface area contributed by atoms with E-state index >= 15 is 4.79 Å². The van der Waals surface area contributed by atoms with Gasteiger partial charge in [0, 0.05) is 41.7 Å². The fraction of sp³-hybridized carbons (Fsp3) is 0.606. The lowest BCUT2D eigenvalue weighted by atomic mass is 9.64. The number of morpholine rings is 1. The number of rotatable bonds is 13. The Labute approximate surface area is 272 Å². The van der Waals surface area contributed by atoms with Crippen molar-refractivity contribution in [2.45, 2.75) is 74.6 Å². The summed E-state index contributed by atoms with van der Waals surface area (Å²) in [4.78, 5) is 19.5. The number of aliphatic hydroxyl groups is 1. The van der Waals surface area contributed by atoms with Crippen LogP contribution >= 0.6 is 23.2 Å². The normalized spacial score (nSPS) is 26.5. The van der Waals surface area contributed by atoms with E-state index < -0.39 is 20.2 Å². The zero-order valence-corrected chi connectivity index (χ0v) is 28.0. The third-order valence-electron chi connectivity index (χ3n) is 10.2. The van der Waals surface area contributed by atoms with E-state index in [-0.39, 0.29) is 30.5 Å². The van der Waals surface area contributed by atoms with Gasteiger partial charge in [0.15, 0.2) is 0 Å². The lowest BCUT2D eigenvalue weighted by Gasteiger charge is -2.54. The van der Waals surface area contributed by atoms with E-state index in [1.54, 1.807) is 0 Å². The molecule has 1 saturated carbocycles. The molecule has 2 aliphatic heterocycles. The van der Waals surface area contributed by atoms with Crippen molar-refractivity contribution in [3.05, 3.63) is 69.7 Å². The number of carbonyl (C=O) groups is 1. The largest absolute Gasteiger partial charge is 0.396 e. The minimum Gasteiger partial charge on any atom is -0.396 e. The predicted molar refractivity (Wildman–Crippen MR) is 175 cm³/mol. The molecule has 2 N–H and O–H groups in total. The molecular formula is C33H45Cl2N3O5S. The van der Waals surface area contributed by atoms with Crippen LogP contribution < -0.4 is 4.72 Å². The van der Waals surface area contributed by atoms with Crippen LogP contribution in [-0.2, 0) is 19.6 Å². The molecule has 0 aromatic heterocycles. The molecule has 2 aromatic rings. The first-order valence-electron chi connectivity index (χ1n) is 15.8. The van der Waals surface area contributed by atoms with E-state index in [2.05, 4.69) is 15.7 Å². The highest BCUT2D eigenvalue weighted by Gasteiger charge is 2.58. The van der Waals surface area contributed by atoms with E-state index in [1.165, 1.54) is 7.05 Å². The Morgan fingerprint density at radius 1 is 1.05 bits per heavy atom. The van der Waals surface area contributed by atoms with E-state index in [9.17, 15) is 13.5 Å². The average Bonchev–Trinajstić information content (AvgIpc) is 3.83.